The standard InChI is InChI=1S/C34H40O4/c35-29(22-34-19-23-16-24(20-34)18-25(17-23)21-34)7-2-1-5-15-38-32-30-8-4-3-6-26(30)13-14-31(32)27-9-11-28(12-10-27)33(36)37/h3-4,6,8-14,23-25,29,35H,1-2,5,7,15-22H2,(H,36,37). The van der Waals surface area contributed by atoms with E-state index in [0.717, 1.165) is 77.5 Å². The Hall–Kier alpha value is -2.85. The summed E-state index contributed by atoms with van der Waals surface area (Å²) in [6, 6.07) is 19.4. The first kappa shape index (κ1) is 25.4. The number of carboxylic acid groups (broad SMARTS) is 1. The molecule has 0 amide bonds. The van der Waals surface area contributed by atoms with Crippen LogP contribution in [0.4, 0.5) is 0 Å². The van der Waals surface area contributed by atoms with Gasteiger partial charge >= 0.3 is 5.97 Å². The highest BCUT2D eigenvalue weighted by Crippen LogP contribution is 2.61. The maximum atomic E-state index is 11.3. The lowest BCUT2D eigenvalue weighted by atomic mass is 9.48. The van der Waals surface area contributed by atoms with Crippen LogP contribution < -0.4 is 4.74 Å². The van der Waals surface area contributed by atoms with Crippen molar-refractivity contribution in [2.75, 3.05) is 6.61 Å². The Morgan fingerprint density at radius 1 is 0.868 bits per heavy atom. The van der Waals surface area contributed by atoms with Crippen LogP contribution >= 0.6 is 0 Å². The number of unbranched alkanes of at least 4 members (excludes halogenated alkanes) is 2. The van der Waals surface area contributed by atoms with Crippen molar-refractivity contribution >= 4 is 16.7 Å². The number of hydrogen-bond acceptors (Lipinski definition) is 3. The van der Waals surface area contributed by atoms with Gasteiger partial charge < -0.3 is 14.9 Å². The molecule has 1 unspecified atom stereocenters. The Kier molecular flexibility index (Phi) is 7.18. The van der Waals surface area contributed by atoms with Crippen molar-refractivity contribution in [1.29, 1.82) is 0 Å². The summed E-state index contributed by atoms with van der Waals surface area (Å²) in [4.78, 5) is 11.3. The molecule has 0 radical (unpaired) electrons. The molecule has 7 rings (SSSR count). The van der Waals surface area contributed by atoms with Gasteiger partial charge in [0, 0.05) is 10.9 Å². The maximum absolute atomic E-state index is 11.3. The summed E-state index contributed by atoms with van der Waals surface area (Å²) in [5.74, 6) is 2.77. The molecule has 0 aromatic heterocycles. The summed E-state index contributed by atoms with van der Waals surface area (Å²) in [6.45, 7) is 0.624. The zero-order chi connectivity index (χ0) is 26.1. The number of ether oxygens (including phenoxy) is 1. The lowest BCUT2D eigenvalue weighted by Crippen LogP contribution is -2.47. The van der Waals surface area contributed by atoms with Crippen LogP contribution in [0.25, 0.3) is 21.9 Å². The quantitative estimate of drug-likeness (QED) is 0.255. The Balaban J connectivity index is 1.03. The summed E-state index contributed by atoms with van der Waals surface area (Å²) in [5, 5.41) is 22.4. The van der Waals surface area contributed by atoms with Crippen LogP contribution in [0.2, 0.25) is 0 Å². The van der Waals surface area contributed by atoms with Crippen molar-refractivity contribution in [3.63, 3.8) is 0 Å². The maximum Gasteiger partial charge on any atom is 0.335 e. The van der Waals surface area contributed by atoms with Crippen molar-refractivity contribution in [3.8, 4) is 16.9 Å². The molecule has 0 spiro atoms. The Bertz CT molecular complexity index is 1240. The van der Waals surface area contributed by atoms with Crippen LogP contribution in [0.15, 0.2) is 60.7 Å². The molecule has 0 saturated heterocycles. The number of aliphatic hydroxyl groups excluding tert-OH is 1. The first-order valence-corrected chi connectivity index (χ1v) is 14.6. The van der Waals surface area contributed by atoms with E-state index in [2.05, 4.69) is 24.3 Å². The first-order chi connectivity index (χ1) is 18.5. The average molecular weight is 513 g/mol. The number of aromatic carboxylic acids is 1. The van der Waals surface area contributed by atoms with Crippen molar-refractivity contribution < 1.29 is 19.7 Å². The summed E-state index contributed by atoms with van der Waals surface area (Å²) in [7, 11) is 0. The number of fused-ring (bicyclic) bond motifs is 1. The summed E-state index contributed by atoms with van der Waals surface area (Å²) < 4.78 is 6.40. The van der Waals surface area contributed by atoms with Crippen LogP contribution in [0.3, 0.4) is 0 Å². The van der Waals surface area contributed by atoms with Gasteiger partial charge in [0.1, 0.15) is 5.75 Å². The van der Waals surface area contributed by atoms with Crippen molar-refractivity contribution in [2.45, 2.75) is 76.7 Å². The Morgan fingerprint density at radius 2 is 1.55 bits per heavy atom. The molecule has 0 heterocycles. The van der Waals surface area contributed by atoms with E-state index in [1.807, 2.05) is 24.3 Å². The molecule has 3 aromatic rings. The highest BCUT2D eigenvalue weighted by Gasteiger charge is 2.51. The zero-order valence-corrected chi connectivity index (χ0v) is 22.3. The van der Waals surface area contributed by atoms with E-state index < -0.39 is 5.97 Å². The molecule has 4 saturated carbocycles. The second kappa shape index (κ2) is 10.7. The van der Waals surface area contributed by atoms with E-state index in [1.165, 1.54) is 38.5 Å². The van der Waals surface area contributed by atoms with E-state index in [4.69, 9.17) is 4.74 Å². The fraction of sp³-hybridized carbons (Fsp3) is 0.500. The van der Waals surface area contributed by atoms with E-state index in [-0.39, 0.29) is 11.7 Å². The number of rotatable bonds is 11. The van der Waals surface area contributed by atoms with E-state index in [0.29, 0.717) is 12.0 Å². The van der Waals surface area contributed by atoms with Gasteiger partial charge in [-0.15, -0.1) is 0 Å². The lowest BCUT2D eigenvalue weighted by Gasteiger charge is -2.57. The molecule has 1 atom stereocenters. The molecule has 4 aliphatic carbocycles. The van der Waals surface area contributed by atoms with Gasteiger partial charge in [0.25, 0.3) is 0 Å². The molecule has 4 heteroatoms. The van der Waals surface area contributed by atoms with E-state index in [9.17, 15) is 15.0 Å². The van der Waals surface area contributed by atoms with E-state index >= 15 is 0 Å². The summed E-state index contributed by atoms with van der Waals surface area (Å²) >= 11 is 0. The number of carbonyl (C=O) groups is 1. The predicted molar refractivity (Wildman–Crippen MR) is 152 cm³/mol. The van der Waals surface area contributed by atoms with Crippen LogP contribution in [-0.2, 0) is 0 Å². The molecule has 4 fully saturated rings. The van der Waals surface area contributed by atoms with Crippen LogP contribution in [-0.4, -0.2) is 28.9 Å². The van der Waals surface area contributed by atoms with Crippen molar-refractivity contribution in [3.05, 3.63) is 66.2 Å². The second-order valence-electron chi connectivity index (χ2n) is 12.5. The Morgan fingerprint density at radius 3 is 2.24 bits per heavy atom. The number of hydrogen-bond donors (Lipinski definition) is 2. The summed E-state index contributed by atoms with van der Waals surface area (Å²) in [5.41, 5.74) is 2.66. The minimum absolute atomic E-state index is 0.161. The monoisotopic (exact) mass is 512 g/mol. The predicted octanol–water partition coefficient (Wildman–Crippen LogP) is 8.11. The largest absolute Gasteiger partial charge is 0.492 e. The molecule has 4 bridgehead atoms. The van der Waals surface area contributed by atoms with Gasteiger partial charge in [0.2, 0.25) is 0 Å². The van der Waals surface area contributed by atoms with Crippen LogP contribution in [0.5, 0.6) is 5.75 Å². The molecular formula is C34H40O4. The Labute approximate surface area is 226 Å². The highest BCUT2D eigenvalue weighted by molar-refractivity contribution is 5.95. The fourth-order valence-corrected chi connectivity index (χ4v) is 8.39. The third-order valence-electron chi connectivity index (χ3n) is 9.58. The highest BCUT2D eigenvalue weighted by atomic mass is 16.5. The fourth-order valence-electron chi connectivity index (χ4n) is 8.39. The molecule has 3 aromatic carbocycles. The van der Waals surface area contributed by atoms with E-state index in [1.54, 1.807) is 12.1 Å². The molecule has 200 valence electrons. The molecular weight excluding hydrogens is 472 g/mol. The van der Waals surface area contributed by atoms with Gasteiger partial charge in [-0.25, -0.2) is 4.79 Å². The third-order valence-corrected chi connectivity index (χ3v) is 9.58. The average Bonchev–Trinajstić information content (AvgIpc) is 2.89. The lowest BCUT2D eigenvalue weighted by molar-refractivity contribution is -0.0768. The zero-order valence-electron chi connectivity index (χ0n) is 22.3. The smallest absolute Gasteiger partial charge is 0.335 e. The van der Waals surface area contributed by atoms with Crippen molar-refractivity contribution in [1.82, 2.24) is 0 Å². The molecule has 0 aliphatic heterocycles. The van der Waals surface area contributed by atoms with Gasteiger partial charge in [0.05, 0.1) is 18.3 Å². The minimum atomic E-state index is -0.922. The molecule has 38 heavy (non-hydrogen) atoms. The molecule has 2 N–H and O–H groups in total. The normalized spacial score (nSPS) is 26.5. The number of aliphatic hydroxyl groups is 1. The second-order valence-corrected chi connectivity index (χ2v) is 12.5. The van der Waals surface area contributed by atoms with Crippen LogP contribution in [0, 0.1) is 23.2 Å². The van der Waals surface area contributed by atoms with Gasteiger partial charge in [-0.05, 0) is 110 Å². The number of carboxylic acids is 1. The van der Waals surface area contributed by atoms with Crippen LogP contribution in [0.1, 0.15) is 81.0 Å². The topological polar surface area (TPSA) is 66.8 Å². The first-order valence-electron chi connectivity index (χ1n) is 14.6. The third kappa shape index (κ3) is 5.33. The van der Waals surface area contributed by atoms with Gasteiger partial charge in [-0.3, -0.25) is 0 Å². The van der Waals surface area contributed by atoms with Gasteiger partial charge in [-0.2, -0.15) is 0 Å². The minimum Gasteiger partial charge on any atom is -0.492 e. The van der Waals surface area contributed by atoms with Crippen molar-refractivity contribution in [2.24, 2.45) is 23.2 Å². The number of benzene rings is 3. The molecule has 4 aliphatic rings. The summed E-state index contributed by atoms with van der Waals surface area (Å²) in [6.07, 6.45) is 13.3. The molecule has 4 nitrogen and oxygen atoms in total. The van der Waals surface area contributed by atoms with Gasteiger partial charge in [0.15, 0.2) is 0 Å². The SMILES string of the molecule is O=C(O)c1ccc(-c2ccc3ccccc3c2OCCCCCC(O)CC23CC4CC(CC(C4)C2)C3)cc1. The van der Waals surface area contributed by atoms with Gasteiger partial charge in [-0.1, -0.05) is 55.0 Å².